The molecule has 0 radical (unpaired) electrons. The highest BCUT2D eigenvalue weighted by atomic mass is 19.1. The van der Waals surface area contributed by atoms with Gasteiger partial charge in [0.2, 0.25) is 0 Å². The van der Waals surface area contributed by atoms with E-state index in [2.05, 4.69) is 0 Å². The van der Waals surface area contributed by atoms with E-state index in [-0.39, 0.29) is 16.3 Å². The maximum atomic E-state index is 13.3. The number of fused-ring (bicyclic) bond motifs is 1. The molecule has 0 saturated carbocycles. The Hall–Kier alpha value is -1.84. The number of hydrogen-bond acceptors (Lipinski definition) is 1. The lowest BCUT2D eigenvalue weighted by atomic mass is 10.1. The molecule has 0 amide bonds. The second-order valence-corrected chi connectivity index (χ2v) is 3.11. The molecule has 2 aromatic carbocycles. The van der Waals surface area contributed by atoms with Gasteiger partial charge >= 0.3 is 0 Å². The summed E-state index contributed by atoms with van der Waals surface area (Å²) in [7, 11) is 0. The molecule has 15 heavy (non-hydrogen) atoms. The second-order valence-electron chi connectivity index (χ2n) is 3.11. The summed E-state index contributed by atoms with van der Waals surface area (Å²) in [6, 6.07) is 3.73. The number of aldehydes is 1. The third kappa shape index (κ3) is 1.58. The number of carbonyl (C=O) groups is 1. The smallest absolute Gasteiger partial charge is 0.150 e. The number of halogens is 3. The minimum atomic E-state index is -0.972. The highest BCUT2D eigenvalue weighted by molar-refractivity contribution is 5.89. The van der Waals surface area contributed by atoms with E-state index in [1.165, 1.54) is 6.07 Å². The predicted octanol–water partition coefficient (Wildman–Crippen LogP) is 3.07. The van der Waals surface area contributed by atoms with Crippen molar-refractivity contribution in [3.8, 4) is 0 Å². The van der Waals surface area contributed by atoms with Crippen molar-refractivity contribution in [3.05, 3.63) is 47.3 Å². The van der Waals surface area contributed by atoms with Gasteiger partial charge in [-0.2, -0.15) is 0 Å². The minimum Gasteiger partial charge on any atom is -0.298 e. The average molecular weight is 210 g/mol. The van der Waals surface area contributed by atoms with E-state index >= 15 is 0 Å². The Morgan fingerprint density at radius 2 is 1.60 bits per heavy atom. The predicted molar refractivity (Wildman–Crippen MR) is 49.2 cm³/mol. The molecule has 1 nitrogen and oxygen atoms in total. The van der Waals surface area contributed by atoms with E-state index in [4.69, 9.17) is 0 Å². The van der Waals surface area contributed by atoms with Crippen molar-refractivity contribution in [2.45, 2.75) is 0 Å². The quantitative estimate of drug-likeness (QED) is 0.661. The fourth-order valence-electron chi connectivity index (χ4n) is 1.47. The maximum absolute atomic E-state index is 13.3. The van der Waals surface area contributed by atoms with E-state index < -0.39 is 17.5 Å². The summed E-state index contributed by atoms with van der Waals surface area (Å²) in [6.45, 7) is 0. The van der Waals surface area contributed by atoms with Crippen molar-refractivity contribution in [2.24, 2.45) is 0 Å². The summed E-state index contributed by atoms with van der Waals surface area (Å²) in [4.78, 5) is 10.4. The van der Waals surface area contributed by atoms with E-state index in [1.807, 2.05) is 0 Å². The van der Waals surface area contributed by atoms with E-state index in [1.54, 1.807) is 0 Å². The molecule has 0 aliphatic carbocycles. The molecule has 0 fully saturated rings. The molecule has 0 saturated heterocycles. The lowest BCUT2D eigenvalue weighted by Crippen LogP contribution is -1.90. The summed E-state index contributed by atoms with van der Waals surface area (Å²) in [5, 5.41) is -0.267. The first-order valence-corrected chi connectivity index (χ1v) is 4.15. The lowest BCUT2D eigenvalue weighted by molar-refractivity contribution is 0.112. The van der Waals surface area contributed by atoms with Gasteiger partial charge in [0.25, 0.3) is 0 Å². The zero-order valence-electron chi connectivity index (χ0n) is 7.43. The van der Waals surface area contributed by atoms with Crippen molar-refractivity contribution >= 4 is 17.1 Å². The van der Waals surface area contributed by atoms with E-state index in [0.29, 0.717) is 12.4 Å². The number of rotatable bonds is 1. The van der Waals surface area contributed by atoms with Crippen molar-refractivity contribution in [2.75, 3.05) is 0 Å². The molecule has 0 N–H and O–H groups in total. The van der Waals surface area contributed by atoms with Crippen molar-refractivity contribution in [1.82, 2.24) is 0 Å². The van der Waals surface area contributed by atoms with Crippen LogP contribution in [0.25, 0.3) is 10.8 Å². The van der Waals surface area contributed by atoms with Crippen LogP contribution in [-0.2, 0) is 0 Å². The summed E-state index contributed by atoms with van der Waals surface area (Å²) in [5.74, 6) is -2.64. The number of hydrogen-bond donors (Lipinski definition) is 0. The van der Waals surface area contributed by atoms with E-state index in [9.17, 15) is 18.0 Å². The van der Waals surface area contributed by atoms with Gasteiger partial charge in [-0.15, -0.1) is 0 Å². The van der Waals surface area contributed by atoms with Gasteiger partial charge in [-0.25, -0.2) is 13.2 Å². The SMILES string of the molecule is O=Cc1cc(F)c2c(F)cc(F)cc2c1. The van der Waals surface area contributed by atoms with Crippen LogP contribution in [0.2, 0.25) is 0 Å². The van der Waals surface area contributed by atoms with Gasteiger partial charge in [0.1, 0.15) is 23.7 Å². The monoisotopic (exact) mass is 210 g/mol. The Kier molecular flexibility index (Phi) is 2.19. The molecule has 0 heterocycles. The molecule has 0 aliphatic rings. The van der Waals surface area contributed by atoms with Crippen LogP contribution >= 0.6 is 0 Å². The van der Waals surface area contributed by atoms with Crippen molar-refractivity contribution in [3.63, 3.8) is 0 Å². The molecule has 0 aromatic heterocycles. The first kappa shape index (κ1) is 9.71. The van der Waals surface area contributed by atoms with Crippen LogP contribution in [0, 0.1) is 17.5 Å². The van der Waals surface area contributed by atoms with E-state index in [0.717, 1.165) is 12.1 Å². The molecular weight excluding hydrogens is 205 g/mol. The normalized spacial score (nSPS) is 10.6. The van der Waals surface area contributed by atoms with Crippen LogP contribution in [0.4, 0.5) is 13.2 Å². The molecule has 76 valence electrons. The van der Waals surface area contributed by atoms with Gasteiger partial charge in [-0.1, -0.05) is 0 Å². The molecule has 0 spiro atoms. The molecule has 0 aliphatic heterocycles. The van der Waals surface area contributed by atoms with Crippen LogP contribution in [0.5, 0.6) is 0 Å². The van der Waals surface area contributed by atoms with Crippen LogP contribution in [0.3, 0.4) is 0 Å². The first-order valence-electron chi connectivity index (χ1n) is 4.15. The van der Waals surface area contributed by atoms with Gasteiger partial charge in [0, 0.05) is 11.6 Å². The first-order chi connectivity index (χ1) is 7.11. The van der Waals surface area contributed by atoms with Gasteiger partial charge in [-0.3, -0.25) is 4.79 Å². The third-order valence-corrected chi connectivity index (χ3v) is 2.08. The summed E-state index contributed by atoms with van der Waals surface area (Å²) < 4.78 is 39.3. The second kappa shape index (κ2) is 3.38. The fraction of sp³-hybridized carbons (Fsp3) is 0. The Morgan fingerprint density at radius 1 is 0.933 bits per heavy atom. The van der Waals surface area contributed by atoms with Gasteiger partial charge in [0.15, 0.2) is 0 Å². The summed E-state index contributed by atoms with van der Waals surface area (Å²) >= 11 is 0. The lowest BCUT2D eigenvalue weighted by Gasteiger charge is -2.02. The highest BCUT2D eigenvalue weighted by Crippen LogP contribution is 2.23. The molecule has 0 unspecified atom stereocenters. The zero-order chi connectivity index (χ0) is 11.0. The molecule has 2 aromatic rings. The van der Waals surface area contributed by atoms with Crippen LogP contribution in [0.1, 0.15) is 10.4 Å². The Morgan fingerprint density at radius 3 is 2.27 bits per heavy atom. The maximum Gasteiger partial charge on any atom is 0.150 e. The fourth-order valence-corrected chi connectivity index (χ4v) is 1.47. The Labute approximate surface area is 83.1 Å². The molecule has 4 heteroatoms. The molecular formula is C11H5F3O. The van der Waals surface area contributed by atoms with Gasteiger partial charge in [-0.05, 0) is 23.6 Å². The average Bonchev–Trinajstić information content (AvgIpc) is 2.15. The largest absolute Gasteiger partial charge is 0.298 e. The van der Waals surface area contributed by atoms with Gasteiger partial charge < -0.3 is 0 Å². The van der Waals surface area contributed by atoms with Gasteiger partial charge in [0.05, 0.1) is 5.39 Å². The van der Waals surface area contributed by atoms with Crippen molar-refractivity contribution < 1.29 is 18.0 Å². The minimum absolute atomic E-state index is 0.0367. The van der Waals surface area contributed by atoms with Crippen molar-refractivity contribution in [1.29, 1.82) is 0 Å². The number of carbonyl (C=O) groups excluding carboxylic acids is 1. The summed E-state index contributed by atoms with van der Waals surface area (Å²) in [5.41, 5.74) is 0.0463. The topological polar surface area (TPSA) is 17.1 Å². The van der Waals surface area contributed by atoms with Crippen LogP contribution < -0.4 is 0 Å². The Balaban J connectivity index is 2.91. The highest BCUT2D eigenvalue weighted by Gasteiger charge is 2.10. The van der Waals surface area contributed by atoms with Crippen LogP contribution in [-0.4, -0.2) is 6.29 Å². The zero-order valence-corrected chi connectivity index (χ0v) is 7.43. The summed E-state index contributed by atoms with van der Waals surface area (Å²) in [6.07, 6.45) is 0.422. The molecule has 2 rings (SSSR count). The Bertz CT molecular complexity index is 549. The third-order valence-electron chi connectivity index (χ3n) is 2.08. The van der Waals surface area contributed by atoms with Crippen LogP contribution in [0.15, 0.2) is 24.3 Å². The number of benzene rings is 2. The molecule has 0 atom stereocenters. The standard InChI is InChI=1S/C11H5F3O/c12-8-3-7-1-6(5-15)2-9(13)11(7)10(14)4-8/h1-5H. The molecule has 0 bridgehead atoms.